The van der Waals surface area contributed by atoms with Crippen LogP contribution >= 0.6 is 0 Å². The minimum absolute atomic E-state index is 0.0269. The van der Waals surface area contributed by atoms with E-state index in [0.717, 1.165) is 18.2 Å². The summed E-state index contributed by atoms with van der Waals surface area (Å²) in [7, 11) is -4.31. The highest BCUT2D eigenvalue weighted by Crippen LogP contribution is 2.17. The van der Waals surface area contributed by atoms with E-state index >= 15 is 0 Å². The fourth-order valence-electron chi connectivity index (χ4n) is 1.10. The summed E-state index contributed by atoms with van der Waals surface area (Å²) in [6, 6.07) is 2.85. The number of nitrogens with one attached hydrogen (secondary N) is 1. The van der Waals surface area contributed by atoms with Crippen LogP contribution in [0.4, 0.5) is 18.9 Å². The Bertz CT molecular complexity index is 522. The summed E-state index contributed by atoms with van der Waals surface area (Å²) >= 11 is 0. The van der Waals surface area contributed by atoms with Gasteiger partial charge in [0.25, 0.3) is 6.43 Å². The molecule has 4 N–H and O–H groups in total. The van der Waals surface area contributed by atoms with E-state index in [9.17, 15) is 21.6 Å². The van der Waals surface area contributed by atoms with E-state index in [-0.39, 0.29) is 5.69 Å². The zero-order chi connectivity index (χ0) is 13.9. The van der Waals surface area contributed by atoms with Crippen LogP contribution in [0.3, 0.4) is 0 Å². The van der Waals surface area contributed by atoms with Crippen LogP contribution in [0.5, 0.6) is 0 Å². The van der Waals surface area contributed by atoms with Crippen molar-refractivity contribution >= 4 is 15.7 Å². The molecule has 0 spiro atoms. The molecule has 18 heavy (non-hydrogen) atoms. The molecule has 0 heterocycles. The summed E-state index contributed by atoms with van der Waals surface area (Å²) in [6.45, 7) is -0.913. The number of nitrogen functional groups attached to an aromatic ring is 1. The lowest BCUT2D eigenvalue weighted by Crippen LogP contribution is -2.36. The fraction of sp³-hybridized carbons (Fsp3) is 0.333. The highest BCUT2D eigenvalue weighted by molar-refractivity contribution is 7.89. The van der Waals surface area contributed by atoms with Gasteiger partial charge in [-0.15, -0.1) is 0 Å². The average molecular weight is 284 g/mol. The van der Waals surface area contributed by atoms with Crippen molar-refractivity contribution in [2.24, 2.45) is 0 Å². The minimum Gasteiger partial charge on any atom is -0.399 e. The van der Waals surface area contributed by atoms with Crippen LogP contribution in [0.15, 0.2) is 23.1 Å². The van der Waals surface area contributed by atoms with Gasteiger partial charge in [0.1, 0.15) is 16.8 Å². The normalized spacial score (nSPS) is 13.8. The standard InChI is InChI=1S/C9H11F3N2O3S/c10-6-3-5(13)1-2-8(6)18(16,17)14-4-7(15)9(11)12/h1-3,7,9,14-15H,4,13H2. The van der Waals surface area contributed by atoms with E-state index in [2.05, 4.69) is 0 Å². The predicted octanol–water partition coefficient (Wildman–Crippen LogP) is 0.312. The SMILES string of the molecule is Nc1ccc(S(=O)(=O)NCC(O)C(F)F)c(F)c1. The first kappa shape index (κ1) is 14.7. The summed E-state index contributed by atoms with van der Waals surface area (Å²) in [5, 5.41) is 8.76. The predicted molar refractivity (Wildman–Crippen MR) is 58.0 cm³/mol. The van der Waals surface area contributed by atoms with E-state index in [1.807, 2.05) is 0 Å². The molecule has 102 valence electrons. The first-order valence-corrected chi connectivity index (χ1v) is 6.23. The Hall–Kier alpha value is -1.32. The summed E-state index contributed by atoms with van der Waals surface area (Å²) in [5.41, 5.74) is 5.27. The zero-order valence-corrected chi connectivity index (χ0v) is 9.79. The number of rotatable bonds is 5. The van der Waals surface area contributed by atoms with Gasteiger partial charge in [-0.1, -0.05) is 0 Å². The first-order chi connectivity index (χ1) is 8.24. The largest absolute Gasteiger partial charge is 0.399 e. The van der Waals surface area contributed by atoms with E-state index < -0.39 is 39.8 Å². The highest BCUT2D eigenvalue weighted by Gasteiger charge is 2.23. The second-order valence-electron chi connectivity index (χ2n) is 3.44. The maximum absolute atomic E-state index is 13.3. The zero-order valence-electron chi connectivity index (χ0n) is 8.98. The summed E-state index contributed by atoms with van der Waals surface area (Å²) in [6.07, 6.45) is -5.25. The molecule has 0 fully saturated rings. The molecule has 0 aliphatic heterocycles. The topological polar surface area (TPSA) is 92.4 Å². The smallest absolute Gasteiger partial charge is 0.265 e. The molecule has 1 aromatic rings. The van der Waals surface area contributed by atoms with Crippen molar-refractivity contribution < 1.29 is 26.7 Å². The quantitative estimate of drug-likeness (QED) is 0.679. The first-order valence-electron chi connectivity index (χ1n) is 4.75. The maximum Gasteiger partial charge on any atom is 0.265 e. The van der Waals surface area contributed by atoms with Crippen molar-refractivity contribution in [1.29, 1.82) is 0 Å². The number of nitrogens with two attached hydrogens (primary N) is 1. The van der Waals surface area contributed by atoms with Crippen LogP contribution in [0.2, 0.25) is 0 Å². The van der Waals surface area contributed by atoms with Gasteiger partial charge in [-0.05, 0) is 18.2 Å². The Labute approximate surface area is 101 Å². The molecule has 0 aliphatic carbocycles. The van der Waals surface area contributed by atoms with Crippen molar-refractivity contribution in [1.82, 2.24) is 4.72 Å². The number of halogens is 3. The van der Waals surface area contributed by atoms with Crippen molar-refractivity contribution in [3.05, 3.63) is 24.0 Å². The molecule has 0 amide bonds. The molecule has 0 saturated heterocycles. The van der Waals surface area contributed by atoms with Crippen molar-refractivity contribution in [3.63, 3.8) is 0 Å². The van der Waals surface area contributed by atoms with Crippen LogP contribution in [0.25, 0.3) is 0 Å². The Morgan fingerprint density at radius 2 is 2.00 bits per heavy atom. The maximum atomic E-state index is 13.3. The number of aliphatic hydroxyl groups excluding tert-OH is 1. The molecule has 5 nitrogen and oxygen atoms in total. The molecule has 9 heteroatoms. The van der Waals surface area contributed by atoms with Gasteiger partial charge in [-0.3, -0.25) is 0 Å². The van der Waals surface area contributed by atoms with Gasteiger partial charge < -0.3 is 10.8 Å². The van der Waals surface area contributed by atoms with Crippen molar-refractivity contribution in [2.75, 3.05) is 12.3 Å². The molecule has 0 aliphatic rings. The lowest BCUT2D eigenvalue weighted by Gasteiger charge is -2.11. The lowest BCUT2D eigenvalue weighted by molar-refractivity contribution is -0.000456. The molecule has 1 atom stereocenters. The number of anilines is 1. The number of alkyl halides is 2. The summed E-state index contributed by atoms with van der Waals surface area (Å²) in [5.74, 6) is -1.10. The van der Waals surface area contributed by atoms with Gasteiger partial charge in [-0.2, -0.15) is 0 Å². The third kappa shape index (κ3) is 3.59. The molecule has 0 bridgehead atoms. The van der Waals surface area contributed by atoms with Gasteiger partial charge in [0.05, 0.1) is 0 Å². The molecule has 1 rings (SSSR count). The van der Waals surface area contributed by atoms with Crippen molar-refractivity contribution in [3.8, 4) is 0 Å². The molecule has 1 unspecified atom stereocenters. The van der Waals surface area contributed by atoms with Gasteiger partial charge in [0.15, 0.2) is 0 Å². The van der Waals surface area contributed by atoms with Crippen LogP contribution < -0.4 is 10.5 Å². The summed E-state index contributed by atoms with van der Waals surface area (Å²) < 4.78 is 62.0. The molecular weight excluding hydrogens is 273 g/mol. The Morgan fingerprint density at radius 3 is 2.50 bits per heavy atom. The van der Waals surface area contributed by atoms with Crippen molar-refractivity contribution in [2.45, 2.75) is 17.4 Å². The second-order valence-corrected chi connectivity index (χ2v) is 5.18. The lowest BCUT2D eigenvalue weighted by atomic mass is 10.3. The van der Waals surface area contributed by atoms with Gasteiger partial charge in [0, 0.05) is 12.2 Å². The van der Waals surface area contributed by atoms with E-state index in [4.69, 9.17) is 10.8 Å². The molecule has 0 radical (unpaired) electrons. The Kier molecular flexibility index (Phi) is 4.54. The van der Waals surface area contributed by atoms with Gasteiger partial charge in [-0.25, -0.2) is 26.3 Å². The number of aliphatic hydroxyl groups is 1. The average Bonchev–Trinajstić information content (AvgIpc) is 2.25. The molecular formula is C9H11F3N2O3S. The fourth-order valence-corrected chi connectivity index (χ4v) is 2.21. The number of hydrogen-bond acceptors (Lipinski definition) is 4. The van der Waals surface area contributed by atoms with Gasteiger partial charge in [0.2, 0.25) is 10.0 Å². The summed E-state index contributed by atoms with van der Waals surface area (Å²) in [4.78, 5) is -0.724. The van der Waals surface area contributed by atoms with Gasteiger partial charge >= 0.3 is 0 Å². The van der Waals surface area contributed by atoms with Crippen LogP contribution in [-0.4, -0.2) is 32.6 Å². The highest BCUT2D eigenvalue weighted by atomic mass is 32.2. The monoisotopic (exact) mass is 284 g/mol. The van der Waals surface area contributed by atoms with Crippen LogP contribution in [0.1, 0.15) is 0 Å². The number of hydrogen-bond donors (Lipinski definition) is 3. The number of benzene rings is 1. The second kappa shape index (κ2) is 5.55. The minimum atomic E-state index is -4.31. The third-order valence-corrected chi connectivity index (χ3v) is 3.48. The molecule has 1 aromatic carbocycles. The Morgan fingerprint density at radius 1 is 1.39 bits per heavy atom. The van der Waals surface area contributed by atoms with E-state index in [1.54, 1.807) is 4.72 Å². The molecule has 0 saturated carbocycles. The van der Waals surface area contributed by atoms with Crippen LogP contribution in [0, 0.1) is 5.82 Å². The van der Waals surface area contributed by atoms with E-state index in [0.29, 0.717) is 0 Å². The Balaban J connectivity index is 2.87. The van der Waals surface area contributed by atoms with Crippen LogP contribution in [-0.2, 0) is 10.0 Å². The third-order valence-electron chi connectivity index (χ3n) is 2.02. The van der Waals surface area contributed by atoms with E-state index in [1.165, 1.54) is 0 Å². The molecule has 0 aromatic heterocycles. The number of sulfonamides is 1.